The van der Waals surface area contributed by atoms with Gasteiger partial charge in [-0.3, -0.25) is 4.40 Å². The van der Waals surface area contributed by atoms with Crippen molar-refractivity contribution in [2.75, 3.05) is 18.2 Å². The number of nitrogens with zero attached hydrogens (tertiary/aromatic N) is 3. The molecule has 182 valence electrons. The van der Waals surface area contributed by atoms with Gasteiger partial charge in [-0.15, -0.1) is 0 Å². The minimum absolute atomic E-state index is 0.0254. The topological polar surface area (TPSA) is 85.6 Å². The number of benzene rings is 2. The van der Waals surface area contributed by atoms with E-state index in [1.54, 1.807) is 6.07 Å². The van der Waals surface area contributed by atoms with Crippen LogP contribution in [-0.2, 0) is 29.0 Å². The van der Waals surface area contributed by atoms with Gasteiger partial charge >= 0.3 is 6.18 Å². The summed E-state index contributed by atoms with van der Waals surface area (Å²) in [5.74, 6) is 0.161. The van der Waals surface area contributed by atoms with Crippen molar-refractivity contribution >= 4 is 21.3 Å². The molecule has 2 aromatic heterocycles. The molecule has 0 radical (unpaired) electrons. The lowest BCUT2D eigenvalue weighted by molar-refractivity contribution is -0.139. The number of anilines is 1. The average Bonchev–Trinajstić information content (AvgIpc) is 3.45. The molecular formula is C23H18F4N4O3S. The number of rotatable bonds is 5. The molecule has 0 atom stereocenters. The van der Waals surface area contributed by atoms with E-state index in [-0.39, 0.29) is 28.5 Å². The Bertz CT molecular complexity index is 1550. The Morgan fingerprint density at radius 1 is 1.11 bits per heavy atom. The number of aromatic nitrogens is 3. The molecule has 1 aliphatic heterocycles. The van der Waals surface area contributed by atoms with Gasteiger partial charge in [0.25, 0.3) is 0 Å². The third-order valence-corrected chi connectivity index (χ3v) is 6.92. The molecule has 7 nitrogen and oxygen atoms in total. The molecule has 2 aromatic carbocycles. The van der Waals surface area contributed by atoms with E-state index < -0.39 is 27.5 Å². The van der Waals surface area contributed by atoms with Gasteiger partial charge in [0.1, 0.15) is 17.9 Å². The summed E-state index contributed by atoms with van der Waals surface area (Å²) in [6.07, 6.45) is -0.940. The Labute approximate surface area is 197 Å². The highest BCUT2D eigenvalue weighted by Gasteiger charge is 2.37. The molecule has 1 N–H and O–H groups in total. The normalized spacial score (nSPS) is 13.6. The second-order valence-electron chi connectivity index (χ2n) is 8.06. The van der Waals surface area contributed by atoms with Crippen LogP contribution >= 0.6 is 0 Å². The number of hydrogen-bond donors (Lipinski definition) is 1. The van der Waals surface area contributed by atoms with Crippen LogP contribution in [0, 0.1) is 5.82 Å². The minimum atomic E-state index is -4.75. The molecule has 3 heterocycles. The first-order valence-electron chi connectivity index (χ1n) is 10.4. The molecule has 4 aromatic rings. The third kappa shape index (κ3) is 4.18. The lowest BCUT2D eigenvalue weighted by Gasteiger charge is -2.14. The van der Waals surface area contributed by atoms with Crippen LogP contribution in [0.3, 0.4) is 0 Å². The Kier molecular flexibility index (Phi) is 5.42. The number of sulfone groups is 1. The summed E-state index contributed by atoms with van der Waals surface area (Å²) in [5.41, 5.74) is 0.121. The fourth-order valence-electron chi connectivity index (χ4n) is 4.12. The van der Waals surface area contributed by atoms with Crippen molar-refractivity contribution < 1.29 is 30.7 Å². The van der Waals surface area contributed by atoms with Crippen LogP contribution in [0.25, 0.3) is 16.6 Å². The molecule has 5 rings (SSSR count). The van der Waals surface area contributed by atoms with Gasteiger partial charge in [0.2, 0.25) is 5.95 Å². The van der Waals surface area contributed by atoms with Gasteiger partial charge in [0, 0.05) is 42.1 Å². The van der Waals surface area contributed by atoms with Crippen LogP contribution in [0.15, 0.2) is 53.8 Å². The zero-order valence-corrected chi connectivity index (χ0v) is 19.0. The number of alkyl halides is 3. The van der Waals surface area contributed by atoms with Crippen molar-refractivity contribution in [3.05, 3.63) is 71.6 Å². The average molecular weight is 506 g/mol. The van der Waals surface area contributed by atoms with Crippen molar-refractivity contribution in [2.24, 2.45) is 0 Å². The van der Waals surface area contributed by atoms with E-state index in [0.717, 1.165) is 17.0 Å². The minimum Gasteiger partial charge on any atom is -0.493 e. The maximum atomic E-state index is 14.5. The number of halogens is 4. The molecule has 0 saturated heterocycles. The molecule has 12 heteroatoms. The summed E-state index contributed by atoms with van der Waals surface area (Å²) >= 11 is 0. The highest BCUT2D eigenvalue weighted by Crippen LogP contribution is 2.37. The SMILES string of the molecule is CS(=O)(=O)c1ccc(-c2cnc(NCc3c(F)ccc4c3CCO4)n3cnc(C(F)(F)F)c23)cc1. The Balaban J connectivity index is 1.58. The molecule has 0 bridgehead atoms. The zero-order valence-electron chi connectivity index (χ0n) is 18.2. The molecule has 0 aliphatic carbocycles. The fraction of sp³-hybridized carbons (Fsp3) is 0.217. The highest BCUT2D eigenvalue weighted by molar-refractivity contribution is 7.90. The van der Waals surface area contributed by atoms with E-state index >= 15 is 0 Å². The number of fused-ring (bicyclic) bond motifs is 2. The summed E-state index contributed by atoms with van der Waals surface area (Å²) in [7, 11) is -3.48. The first-order chi connectivity index (χ1) is 16.5. The van der Waals surface area contributed by atoms with E-state index in [9.17, 15) is 26.0 Å². The fourth-order valence-corrected chi connectivity index (χ4v) is 4.75. The van der Waals surface area contributed by atoms with Crippen LogP contribution in [0.1, 0.15) is 16.8 Å². The number of hydrogen-bond acceptors (Lipinski definition) is 6. The van der Waals surface area contributed by atoms with Crippen molar-refractivity contribution in [3.8, 4) is 16.9 Å². The van der Waals surface area contributed by atoms with E-state index in [0.29, 0.717) is 35.5 Å². The second-order valence-corrected chi connectivity index (χ2v) is 10.1. The predicted octanol–water partition coefficient (Wildman–Crippen LogP) is 4.50. The third-order valence-electron chi connectivity index (χ3n) is 5.79. The molecule has 35 heavy (non-hydrogen) atoms. The maximum Gasteiger partial charge on any atom is 0.435 e. The molecule has 0 unspecified atom stereocenters. The van der Waals surface area contributed by atoms with Crippen molar-refractivity contribution in [1.82, 2.24) is 14.4 Å². The van der Waals surface area contributed by atoms with E-state index in [1.165, 1.54) is 36.5 Å². The second kappa shape index (κ2) is 8.22. The monoisotopic (exact) mass is 506 g/mol. The van der Waals surface area contributed by atoms with Crippen LogP contribution in [0.4, 0.5) is 23.5 Å². The summed E-state index contributed by atoms with van der Waals surface area (Å²) in [4.78, 5) is 7.87. The summed E-state index contributed by atoms with van der Waals surface area (Å²) in [6.45, 7) is 0.403. The molecule has 0 fully saturated rings. The van der Waals surface area contributed by atoms with Gasteiger partial charge < -0.3 is 10.1 Å². The van der Waals surface area contributed by atoms with Gasteiger partial charge in [0.05, 0.1) is 17.0 Å². The van der Waals surface area contributed by atoms with Crippen molar-refractivity contribution in [3.63, 3.8) is 0 Å². The molecule has 0 amide bonds. The van der Waals surface area contributed by atoms with Gasteiger partial charge in [-0.1, -0.05) is 12.1 Å². The molecular weight excluding hydrogens is 488 g/mol. The lowest BCUT2D eigenvalue weighted by Crippen LogP contribution is -2.11. The summed E-state index contributed by atoms with van der Waals surface area (Å²) < 4.78 is 86.0. The number of ether oxygens (including phenoxy) is 1. The molecule has 0 spiro atoms. The van der Waals surface area contributed by atoms with Gasteiger partial charge in [-0.25, -0.2) is 22.8 Å². The first-order valence-corrected chi connectivity index (χ1v) is 12.3. The van der Waals surface area contributed by atoms with E-state index in [1.807, 2.05) is 0 Å². The number of imidazole rings is 1. The Morgan fingerprint density at radius 2 is 1.86 bits per heavy atom. The van der Waals surface area contributed by atoms with Crippen LogP contribution in [0.5, 0.6) is 5.75 Å². The zero-order chi connectivity index (χ0) is 25.0. The largest absolute Gasteiger partial charge is 0.493 e. The Hall–Kier alpha value is -3.67. The predicted molar refractivity (Wildman–Crippen MR) is 119 cm³/mol. The van der Waals surface area contributed by atoms with Crippen molar-refractivity contribution in [2.45, 2.75) is 24.0 Å². The lowest BCUT2D eigenvalue weighted by atomic mass is 10.0. The van der Waals surface area contributed by atoms with Gasteiger partial charge in [-0.2, -0.15) is 13.2 Å². The van der Waals surface area contributed by atoms with Gasteiger partial charge in [-0.05, 0) is 29.8 Å². The van der Waals surface area contributed by atoms with Crippen molar-refractivity contribution in [1.29, 1.82) is 0 Å². The van der Waals surface area contributed by atoms with Crippen LogP contribution in [0.2, 0.25) is 0 Å². The smallest absolute Gasteiger partial charge is 0.435 e. The van der Waals surface area contributed by atoms with Crippen LogP contribution in [-0.4, -0.2) is 35.6 Å². The standard InChI is InChI=1S/C23H18F4N4O3S/c1-35(32,33)14-4-2-13(3-5-14)16-10-28-22(31-12-30-21(20(16)31)23(25,26)27)29-11-17-15-8-9-34-19(15)7-6-18(17)24/h2-7,10,12H,8-9,11H2,1H3,(H,28,29). The molecule has 1 aliphatic rings. The van der Waals surface area contributed by atoms with Gasteiger partial charge in [0.15, 0.2) is 15.5 Å². The van der Waals surface area contributed by atoms with Crippen LogP contribution < -0.4 is 10.1 Å². The Morgan fingerprint density at radius 3 is 2.54 bits per heavy atom. The maximum absolute atomic E-state index is 14.5. The summed E-state index contributed by atoms with van der Waals surface area (Å²) in [5, 5.41) is 2.92. The molecule has 0 saturated carbocycles. The van der Waals surface area contributed by atoms with E-state index in [4.69, 9.17) is 4.74 Å². The summed E-state index contributed by atoms with van der Waals surface area (Å²) in [6, 6.07) is 8.29. The van der Waals surface area contributed by atoms with E-state index in [2.05, 4.69) is 15.3 Å². The highest BCUT2D eigenvalue weighted by atomic mass is 32.2. The number of nitrogens with one attached hydrogen (secondary N) is 1. The first kappa shape index (κ1) is 23.1. The quantitative estimate of drug-likeness (QED) is 0.401.